The fraction of sp³-hybridized carbons (Fsp3) is 0.316. The van der Waals surface area contributed by atoms with Crippen LogP contribution >= 0.6 is 11.6 Å². The standard InChI is InChI=1S/C19H21ClN2O3S/c1-13(2)14-5-9-17(10-6-14)26(24,25)22-12-11-21-19(23)18(22)15-3-7-16(20)8-4-15/h3-10,13,18H,11-12H2,1-2H3,(H,21,23). The molecule has 1 unspecified atom stereocenters. The van der Waals surface area contributed by atoms with Gasteiger partial charge in [0.15, 0.2) is 0 Å². The number of nitrogens with one attached hydrogen (secondary N) is 1. The molecule has 0 spiro atoms. The topological polar surface area (TPSA) is 66.5 Å². The van der Waals surface area contributed by atoms with Crippen LogP contribution in [0, 0.1) is 0 Å². The molecule has 0 bridgehead atoms. The lowest BCUT2D eigenvalue weighted by molar-refractivity contribution is -0.126. The lowest BCUT2D eigenvalue weighted by Crippen LogP contribution is -2.52. The maximum Gasteiger partial charge on any atom is 0.244 e. The van der Waals surface area contributed by atoms with Crippen molar-refractivity contribution >= 4 is 27.5 Å². The molecule has 3 rings (SSSR count). The molecule has 0 aromatic heterocycles. The second kappa shape index (κ2) is 7.39. The van der Waals surface area contributed by atoms with Gasteiger partial charge in [-0.05, 0) is 41.3 Å². The molecule has 1 atom stereocenters. The van der Waals surface area contributed by atoms with Gasteiger partial charge in [0.25, 0.3) is 0 Å². The van der Waals surface area contributed by atoms with Gasteiger partial charge in [-0.3, -0.25) is 4.79 Å². The van der Waals surface area contributed by atoms with Crippen LogP contribution < -0.4 is 5.32 Å². The maximum absolute atomic E-state index is 13.2. The van der Waals surface area contributed by atoms with Crippen LogP contribution in [-0.4, -0.2) is 31.7 Å². The van der Waals surface area contributed by atoms with Crippen molar-refractivity contribution in [1.29, 1.82) is 0 Å². The molecule has 26 heavy (non-hydrogen) atoms. The molecule has 7 heteroatoms. The summed E-state index contributed by atoms with van der Waals surface area (Å²) in [6.07, 6.45) is 0. The second-order valence-electron chi connectivity index (χ2n) is 6.58. The van der Waals surface area contributed by atoms with E-state index in [0.717, 1.165) is 5.56 Å². The summed E-state index contributed by atoms with van der Waals surface area (Å²) in [6, 6.07) is 12.6. The lowest BCUT2D eigenvalue weighted by Gasteiger charge is -2.34. The first-order valence-corrected chi connectivity index (χ1v) is 10.3. The Kier molecular flexibility index (Phi) is 5.37. The van der Waals surface area contributed by atoms with Crippen LogP contribution in [0.4, 0.5) is 0 Å². The van der Waals surface area contributed by atoms with Crippen LogP contribution in [0.25, 0.3) is 0 Å². The van der Waals surface area contributed by atoms with E-state index in [0.29, 0.717) is 16.5 Å². The number of rotatable bonds is 4. The molecule has 2 aromatic rings. The highest BCUT2D eigenvalue weighted by molar-refractivity contribution is 7.89. The number of hydrogen-bond donors (Lipinski definition) is 1. The molecular formula is C19H21ClN2O3S. The minimum Gasteiger partial charge on any atom is -0.353 e. The molecule has 2 aromatic carbocycles. The number of benzene rings is 2. The molecule has 1 heterocycles. The van der Waals surface area contributed by atoms with E-state index in [2.05, 4.69) is 19.2 Å². The van der Waals surface area contributed by atoms with E-state index in [1.165, 1.54) is 4.31 Å². The van der Waals surface area contributed by atoms with Gasteiger partial charge in [-0.2, -0.15) is 4.31 Å². The molecule has 5 nitrogen and oxygen atoms in total. The second-order valence-corrected chi connectivity index (χ2v) is 8.91. The predicted molar refractivity (Wildman–Crippen MR) is 102 cm³/mol. The molecule has 1 fully saturated rings. The number of carbonyl (C=O) groups excluding carboxylic acids is 1. The number of sulfonamides is 1. The summed E-state index contributed by atoms with van der Waals surface area (Å²) in [6.45, 7) is 4.60. The number of carbonyl (C=O) groups is 1. The number of hydrogen-bond acceptors (Lipinski definition) is 3. The summed E-state index contributed by atoms with van der Waals surface area (Å²) < 4.78 is 27.6. The van der Waals surface area contributed by atoms with Crippen LogP contribution in [-0.2, 0) is 14.8 Å². The van der Waals surface area contributed by atoms with Crippen molar-refractivity contribution < 1.29 is 13.2 Å². The zero-order valence-corrected chi connectivity index (χ0v) is 16.2. The fourth-order valence-electron chi connectivity index (χ4n) is 3.03. The zero-order valence-electron chi connectivity index (χ0n) is 14.6. The SMILES string of the molecule is CC(C)c1ccc(S(=O)(=O)N2CCNC(=O)C2c2ccc(Cl)cc2)cc1. The third-order valence-corrected chi connectivity index (χ3v) is 6.64. The summed E-state index contributed by atoms with van der Waals surface area (Å²) in [5.41, 5.74) is 1.66. The zero-order chi connectivity index (χ0) is 18.9. The van der Waals surface area contributed by atoms with Gasteiger partial charge < -0.3 is 5.32 Å². The van der Waals surface area contributed by atoms with E-state index in [9.17, 15) is 13.2 Å². The third-order valence-electron chi connectivity index (χ3n) is 4.51. The van der Waals surface area contributed by atoms with Crippen molar-refractivity contribution in [2.45, 2.75) is 30.7 Å². The Morgan fingerprint density at radius 3 is 2.27 bits per heavy atom. The van der Waals surface area contributed by atoms with E-state index in [1.54, 1.807) is 36.4 Å². The predicted octanol–water partition coefficient (Wildman–Crippen LogP) is 3.33. The highest BCUT2D eigenvalue weighted by atomic mass is 35.5. The Balaban J connectivity index is 2.00. The summed E-state index contributed by atoms with van der Waals surface area (Å²) in [4.78, 5) is 12.7. The molecule has 138 valence electrons. The van der Waals surface area contributed by atoms with Crippen LogP contribution in [0.3, 0.4) is 0 Å². The van der Waals surface area contributed by atoms with Gasteiger partial charge >= 0.3 is 0 Å². The Morgan fingerprint density at radius 2 is 1.69 bits per heavy atom. The fourth-order valence-corrected chi connectivity index (χ4v) is 4.73. The number of halogens is 1. The van der Waals surface area contributed by atoms with Crippen molar-refractivity contribution in [3.63, 3.8) is 0 Å². The molecule has 1 saturated heterocycles. The molecule has 0 radical (unpaired) electrons. The maximum atomic E-state index is 13.2. The quantitative estimate of drug-likeness (QED) is 0.867. The molecule has 1 N–H and O–H groups in total. The van der Waals surface area contributed by atoms with Gasteiger partial charge in [0.1, 0.15) is 6.04 Å². The van der Waals surface area contributed by atoms with Gasteiger partial charge in [0, 0.05) is 18.1 Å². The van der Waals surface area contributed by atoms with Gasteiger partial charge in [-0.25, -0.2) is 8.42 Å². The van der Waals surface area contributed by atoms with E-state index in [-0.39, 0.29) is 23.9 Å². The Labute approximate surface area is 159 Å². The van der Waals surface area contributed by atoms with Gasteiger partial charge in [0.2, 0.25) is 15.9 Å². The lowest BCUT2D eigenvalue weighted by atomic mass is 10.0. The van der Waals surface area contributed by atoms with E-state index < -0.39 is 16.1 Å². The van der Waals surface area contributed by atoms with Gasteiger partial charge in [-0.15, -0.1) is 0 Å². The Hall–Kier alpha value is -1.89. The first-order valence-electron chi connectivity index (χ1n) is 8.45. The number of amides is 1. The first-order chi connectivity index (χ1) is 12.3. The third kappa shape index (κ3) is 3.63. The van der Waals surface area contributed by atoms with Crippen molar-refractivity contribution in [3.05, 3.63) is 64.7 Å². The van der Waals surface area contributed by atoms with Crippen molar-refractivity contribution in [2.24, 2.45) is 0 Å². The van der Waals surface area contributed by atoms with Crippen LogP contribution in [0.2, 0.25) is 5.02 Å². The molecule has 0 saturated carbocycles. The summed E-state index contributed by atoms with van der Waals surface area (Å²) in [5.74, 6) is -0.0183. The average molecular weight is 393 g/mol. The molecular weight excluding hydrogens is 372 g/mol. The Bertz CT molecular complexity index is 893. The minimum atomic E-state index is -3.81. The summed E-state index contributed by atoms with van der Waals surface area (Å²) in [5, 5.41) is 3.28. The largest absolute Gasteiger partial charge is 0.353 e. The van der Waals surface area contributed by atoms with Gasteiger partial charge in [0.05, 0.1) is 4.90 Å². The average Bonchev–Trinajstić information content (AvgIpc) is 2.62. The van der Waals surface area contributed by atoms with E-state index in [4.69, 9.17) is 11.6 Å². The summed E-state index contributed by atoms with van der Waals surface area (Å²) >= 11 is 5.92. The van der Waals surface area contributed by atoms with E-state index >= 15 is 0 Å². The first kappa shape index (κ1) is 18.9. The summed E-state index contributed by atoms with van der Waals surface area (Å²) in [7, 11) is -3.81. The van der Waals surface area contributed by atoms with Crippen molar-refractivity contribution in [2.75, 3.05) is 13.1 Å². The van der Waals surface area contributed by atoms with Crippen molar-refractivity contribution in [1.82, 2.24) is 9.62 Å². The monoisotopic (exact) mass is 392 g/mol. The normalized spacial score (nSPS) is 18.8. The minimum absolute atomic E-state index is 0.190. The number of nitrogens with zero attached hydrogens (tertiary/aromatic N) is 1. The number of piperazine rings is 1. The smallest absolute Gasteiger partial charge is 0.244 e. The molecule has 1 aliphatic rings. The van der Waals surface area contributed by atoms with Crippen molar-refractivity contribution in [3.8, 4) is 0 Å². The van der Waals surface area contributed by atoms with Crippen LogP contribution in [0.15, 0.2) is 53.4 Å². The van der Waals surface area contributed by atoms with E-state index in [1.807, 2.05) is 12.1 Å². The van der Waals surface area contributed by atoms with Gasteiger partial charge in [-0.1, -0.05) is 49.7 Å². The molecule has 1 aliphatic heterocycles. The van der Waals surface area contributed by atoms with Crippen LogP contribution in [0.1, 0.15) is 36.9 Å². The highest BCUT2D eigenvalue weighted by Crippen LogP contribution is 2.31. The Morgan fingerprint density at radius 1 is 1.08 bits per heavy atom. The molecule has 0 aliphatic carbocycles. The highest BCUT2D eigenvalue weighted by Gasteiger charge is 2.39. The van der Waals surface area contributed by atoms with Crippen LogP contribution in [0.5, 0.6) is 0 Å². The molecule has 1 amide bonds.